The van der Waals surface area contributed by atoms with Gasteiger partial charge < -0.3 is 10.4 Å². The van der Waals surface area contributed by atoms with Gasteiger partial charge in [-0.3, -0.25) is 0 Å². The number of fused-ring (bicyclic) bond motifs is 1. The number of aliphatic hydroxyl groups is 1. The molecule has 1 saturated carbocycles. The molecule has 2 aliphatic carbocycles. The molecule has 2 aliphatic rings. The van der Waals surface area contributed by atoms with E-state index in [1.54, 1.807) is 6.33 Å². The van der Waals surface area contributed by atoms with Crippen molar-refractivity contribution >= 4 is 5.82 Å². The number of hydrogen-bond acceptors (Lipinski definition) is 4. The predicted molar refractivity (Wildman–Crippen MR) is 75.1 cm³/mol. The normalized spacial score (nSPS) is 26.8. The van der Waals surface area contributed by atoms with E-state index < -0.39 is 0 Å². The van der Waals surface area contributed by atoms with Crippen LogP contribution in [0, 0.1) is 5.92 Å². The first-order valence-corrected chi connectivity index (χ1v) is 7.58. The third-order valence-corrected chi connectivity index (χ3v) is 4.59. The summed E-state index contributed by atoms with van der Waals surface area (Å²) in [4.78, 5) is 8.92. The van der Waals surface area contributed by atoms with Gasteiger partial charge in [0.25, 0.3) is 0 Å². The molecule has 0 aliphatic heterocycles. The lowest BCUT2D eigenvalue weighted by Gasteiger charge is -2.21. The van der Waals surface area contributed by atoms with Crippen LogP contribution in [-0.2, 0) is 12.8 Å². The van der Waals surface area contributed by atoms with Crippen molar-refractivity contribution in [3.05, 3.63) is 17.6 Å². The molecule has 104 valence electrons. The molecule has 1 fully saturated rings. The molecule has 4 heteroatoms. The Morgan fingerprint density at radius 3 is 2.89 bits per heavy atom. The number of aromatic nitrogens is 2. The summed E-state index contributed by atoms with van der Waals surface area (Å²) < 4.78 is 0. The lowest BCUT2D eigenvalue weighted by molar-refractivity contribution is 0.222. The second-order valence-corrected chi connectivity index (χ2v) is 5.83. The molecule has 4 nitrogen and oxygen atoms in total. The highest BCUT2D eigenvalue weighted by Crippen LogP contribution is 2.30. The highest BCUT2D eigenvalue weighted by atomic mass is 16.3. The smallest absolute Gasteiger partial charge is 0.133 e. The van der Waals surface area contributed by atoms with E-state index in [0.29, 0.717) is 12.0 Å². The van der Waals surface area contributed by atoms with Gasteiger partial charge in [-0.15, -0.1) is 0 Å². The van der Waals surface area contributed by atoms with Crippen LogP contribution in [0.3, 0.4) is 0 Å². The topological polar surface area (TPSA) is 58.0 Å². The van der Waals surface area contributed by atoms with Gasteiger partial charge in [-0.2, -0.15) is 0 Å². The van der Waals surface area contributed by atoms with E-state index in [4.69, 9.17) is 0 Å². The predicted octanol–water partition coefficient (Wildman–Crippen LogP) is 2.32. The van der Waals surface area contributed by atoms with Crippen molar-refractivity contribution in [3.8, 4) is 0 Å². The first-order valence-electron chi connectivity index (χ1n) is 7.58. The average Bonchev–Trinajstić information content (AvgIpc) is 2.73. The van der Waals surface area contributed by atoms with E-state index >= 15 is 0 Å². The Kier molecular flexibility index (Phi) is 3.97. The van der Waals surface area contributed by atoms with Crippen LogP contribution < -0.4 is 5.32 Å². The molecule has 0 bridgehead atoms. The Hall–Kier alpha value is -1.16. The van der Waals surface area contributed by atoms with Gasteiger partial charge in [-0.25, -0.2) is 9.97 Å². The van der Waals surface area contributed by atoms with E-state index in [-0.39, 0.29) is 6.61 Å². The molecule has 1 aromatic rings. The minimum Gasteiger partial charge on any atom is -0.396 e. The summed E-state index contributed by atoms with van der Waals surface area (Å²) in [6.45, 7) is 0.283. The van der Waals surface area contributed by atoms with Crippen molar-refractivity contribution < 1.29 is 5.11 Å². The lowest BCUT2D eigenvalue weighted by Crippen LogP contribution is -2.27. The van der Waals surface area contributed by atoms with E-state index in [0.717, 1.165) is 31.5 Å². The zero-order chi connectivity index (χ0) is 13.1. The Morgan fingerprint density at radius 1 is 1.11 bits per heavy atom. The molecule has 0 aromatic carbocycles. The third kappa shape index (κ3) is 2.73. The van der Waals surface area contributed by atoms with E-state index in [9.17, 15) is 5.11 Å². The molecule has 1 aromatic heterocycles. The van der Waals surface area contributed by atoms with Crippen LogP contribution in [0.25, 0.3) is 0 Å². The van der Waals surface area contributed by atoms with Crippen LogP contribution in [0.4, 0.5) is 5.82 Å². The van der Waals surface area contributed by atoms with Gasteiger partial charge in [-0.05, 0) is 38.5 Å². The largest absolute Gasteiger partial charge is 0.396 e. The van der Waals surface area contributed by atoms with Crippen LogP contribution in [0.5, 0.6) is 0 Å². The van der Waals surface area contributed by atoms with Crippen molar-refractivity contribution in [1.82, 2.24) is 9.97 Å². The molecule has 2 N–H and O–H groups in total. The van der Waals surface area contributed by atoms with Crippen molar-refractivity contribution in [2.75, 3.05) is 11.9 Å². The summed E-state index contributed by atoms with van der Waals surface area (Å²) in [6, 6.07) is 0.382. The van der Waals surface area contributed by atoms with E-state index in [1.165, 1.54) is 36.9 Å². The first-order chi connectivity index (χ1) is 9.38. The Morgan fingerprint density at radius 2 is 2.00 bits per heavy atom. The van der Waals surface area contributed by atoms with Crippen LogP contribution in [0.2, 0.25) is 0 Å². The monoisotopic (exact) mass is 261 g/mol. The molecule has 0 amide bonds. The third-order valence-electron chi connectivity index (χ3n) is 4.59. The number of aryl methyl sites for hydroxylation is 1. The van der Waals surface area contributed by atoms with Crippen molar-refractivity contribution in [2.24, 2.45) is 5.92 Å². The first kappa shape index (κ1) is 12.9. The van der Waals surface area contributed by atoms with Gasteiger partial charge in [-0.1, -0.05) is 12.8 Å². The van der Waals surface area contributed by atoms with Crippen LogP contribution >= 0.6 is 0 Å². The van der Waals surface area contributed by atoms with Gasteiger partial charge in [0.05, 0.1) is 0 Å². The summed E-state index contributed by atoms with van der Waals surface area (Å²) in [5, 5.41) is 13.0. The van der Waals surface area contributed by atoms with Gasteiger partial charge in [0, 0.05) is 29.8 Å². The fourth-order valence-electron chi connectivity index (χ4n) is 3.44. The molecule has 19 heavy (non-hydrogen) atoms. The second kappa shape index (κ2) is 5.87. The second-order valence-electron chi connectivity index (χ2n) is 5.83. The van der Waals surface area contributed by atoms with E-state index in [2.05, 4.69) is 15.3 Å². The number of nitrogens with zero attached hydrogens (tertiary/aromatic N) is 2. The Bertz CT molecular complexity index is 435. The van der Waals surface area contributed by atoms with E-state index in [1.807, 2.05) is 0 Å². The van der Waals surface area contributed by atoms with Gasteiger partial charge >= 0.3 is 0 Å². The van der Waals surface area contributed by atoms with Crippen LogP contribution in [0.1, 0.15) is 49.8 Å². The van der Waals surface area contributed by atoms with Crippen LogP contribution in [-0.4, -0.2) is 27.7 Å². The SMILES string of the molecule is OCC1CCCC1Nc1ncnc2c1CCCCC2. The molecular formula is C15H23N3O. The fraction of sp³-hybridized carbons (Fsp3) is 0.733. The summed E-state index contributed by atoms with van der Waals surface area (Å²) in [7, 11) is 0. The quantitative estimate of drug-likeness (QED) is 0.820. The Labute approximate surface area is 114 Å². The average molecular weight is 261 g/mol. The van der Waals surface area contributed by atoms with Crippen molar-refractivity contribution in [1.29, 1.82) is 0 Å². The Balaban J connectivity index is 1.81. The highest BCUT2D eigenvalue weighted by molar-refractivity contribution is 5.47. The molecule has 2 atom stereocenters. The molecule has 1 heterocycles. The minimum absolute atomic E-state index is 0.283. The summed E-state index contributed by atoms with van der Waals surface area (Å²) in [5.41, 5.74) is 2.55. The molecule has 3 rings (SSSR count). The number of anilines is 1. The zero-order valence-electron chi connectivity index (χ0n) is 11.4. The standard InChI is InChI=1S/C15H23N3O/c19-9-11-5-4-8-13(11)18-15-12-6-2-1-3-7-14(12)16-10-17-15/h10-11,13,19H,1-9H2,(H,16,17,18). The lowest BCUT2D eigenvalue weighted by atomic mass is 10.0. The fourth-order valence-corrected chi connectivity index (χ4v) is 3.44. The molecular weight excluding hydrogens is 238 g/mol. The molecule has 2 unspecified atom stereocenters. The van der Waals surface area contributed by atoms with Gasteiger partial charge in [0.2, 0.25) is 0 Å². The van der Waals surface area contributed by atoms with Crippen molar-refractivity contribution in [3.63, 3.8) is 0 Å². The van der Waals surface area contributed by atoms with Crippen molar-refractivity contribution in [2.45, 2.75) is 57.4 Å². The number of rotatable bonds is 3. The maximum Gasteiger partial charge on any atom is 0.133 e. The maximum atomic E-state index is 9.43. The molecule has 0 radical (unpaired) electrons. The van der Waals surface area contributed by atoms with Crippen LogP contribution in [0.15, 0.2) is 6.33 Å². The molecule has 0 saturated heterocycles. The zero-order valence-corrected chi connectivity index (χ0v) is 11.4. The number of aliphatic hydroxyl groups excluding tert-OH is 1. The summed E-state index contributed by atoms with van der Waals surface area (Å²) >= 11 is 0. The minimum atomic E-state index is 0.283. The number of hydrogen-bond donors (Lipinski definition) is 2. The molecule has 0 spiro atoms. The number of nitrogens with one attached hydrogen (secondary N) is 1. The summed E-state index contributed by atoms with van der Waals surface area (Å²) in [5.74, 6) is 1.41. The van der Waals surface area contributed by atoms with Gasteiger partial charge in [0.15, 0.2) is 0 Å². The maximum absolute atomic E-state index is 9.43. The highest BCUT2D eigenvalue weighted by Gasteiger charge is 2.27. The van der Waals surface area contributed by atoms with Gasteiger partial charge in [0.1, 0.15) is 12.1 Å². The summed E-state index contributed by atoms with van der Waals surface area (Å²) in [6.07, 6.45) is 11.1.